The molecule has 3 saturated heterocycles. The van der Waals surface area contributed by atoms with Gasteiger partial charge in [0.1, 0.15) is 16.9 Å². The Morgan fingerprint density at radius 3 is 2.61 bits per heavy atom. The quantitative estimate of drug-likeness (QED) is 0.303. The number of hydrogen-bond acceptors (Lipinski definition) is 6. The lowest BCUT2D eigenvalue weighted by Crippen LogP contribution is -2.46. The highest BCUT2D eigenvalue weighted by Crippen LogP contribution is 2.44. The third kappa shape index (κ3) is 4.32. The monoisotopic (exact) mass is 622 g/mol. The maximum atomic E-state index is 13.8. The average molecular weight is 623 g/mol. The van der Waals surface area contributed by atoms with Crippen LogP contribution in [0.2, 0.25) is 0 Å². The number of nitrogens with one attached hydrogen (secondary N) is 1. The Hall–Kier alpha value is -4.21. The van der Waals surface area contributed by atoms with Crippen molar-refractivity contribution in [1.29, 1.82) is 0 Å². The maximum Gasteiger partial charge on any atom is 0.407 e. The third-order valence-corrected chi connectivity index (χ3v) is 11.8. The highest BCUT2D eigenvalue weighted by Gasteiger charge is 2.46. The smallest absolute Gasteiger partial charge is 0.407 e. The van der Waals surface area contributed by atoms with Crippen LogP contribution in [0.25, 0.3) is 33.5 Å². The molecule has 5 aliphatic rings. The molecule has 1 N–H and O–H groups in total. The molecule has 10 heteroatoms. The fourth-order valence-corrected chi connectivity index (χ4v) is 8.86. The molecule has 1 spiro atoms. The molecule has 240 valence electrons. The minimum Gasteiger partial charge on any atom is -0.494 e. The Bertz CT molecular complexity index is 1900. The molecule has 10 nitrogen and oxygen atoms in total. The number of aryl methyl sites for hydroxylation is 1. The summed E-state index contributed by atoms with van der Waals surface area (Å²) in [5, 5.41) is 4.03. The summed E-state index contributed by atoms with van der Waals surface area (Å²) in [5.74, 6) is 3.50. The lowest BCUT2D eigenvalue weighted by molar-refractivity contribution is 0.0367. The van der Waals surface area contributed by atoms with Crippen LogP contribution < -0.4 is 15.0 Å². The minimum absolute atomic E-state index is 0.0906. The zero-order valence-electron chi connectivity index (χ0n) is 26.9. The summed E-state index contributed by atoms with van der Waals surface area (Å²) in [6, 6.07) is 13.2. The Kier molecular flexibility index (Phi) is 6.19. The van der Waals surface area contributed by atoms with Gasteiger partial charge in [-0.05, 0) is 73.8 Å². The van der Waals surface area contributed by atoms with Crippen molar-refractivity contribution in [3.63, 3.8) is 0 Å². The SMILES string of the molecule is COc1cc(C(=O)N2CC3CCC2[C@@H]3C)cc2nc(-c3cc4ccc(N5CCC6(CC5)CNC(=O)O6)cc4n3CC3CC3)n(C)c12. The number of aromatic nitrogens is 3. The molecule has 4 aromatic rings. The summed E-state index contributed by atoms with van der Waals surface area (Å²) in [4.78, 5) is 35.2. The van der Waals surface area contributed by atoms with Crippen LogP contribution in [0.4, 0.5) is 10.5 Å². The molecule has 2 bridgehead atoms. The number of methoxy groups -OCH3 is 1. The summed E-state index contributed by atoms with van der Waals surface area (Å²) in [6.07, 6.45) is 6.17. The second-order valence-corrected chi connectivity index (χ2v) is 14.5. The van der Waals surface area contributed by atoms with E-state index in [4.69, 9.17) is 14.5 Å². The number of fused-ring (bicyclic) bond motifs is 4. The number of hydrogen-bond donors (Lipinski definition) is 1. The first kappa shape index (κ1) is 28.0. The topological polar surface area (TPSA) is 93.9 Å². The number of alkyl carbamates (subject to hydrolysis) is 1. The number of benzene rings is 2. The van der Waals surface area contributed by atoms with Crippen LogP contribution in [0.1, 0.15) is 55.8 Å². The van der Waals surface area contributed by atoms with Gasteiger partial charge in [-0.1, -0.05) is 13.0 Å². The average Bonchev–Trinajstić information content (AvgIpc) is 3.25. The number of likely N-dealkylation sites (tertiary alicyclic amines) is 1. The first-order valence-corrected chi connectivity index (χ1v) is 17.0. The molecule has 2 aromatic carbocycles. The number of nitrogens with zero attached hydrogens (tertiary/aromatic N) is 5. The highest BCUT2D eigenvalue weighted by molar-refractivity contribution is 6.00. The fourth-order valence-electron chi connectivity index (χ4n) is 8.86. The van der Waals surface area contributed by atoms with Gasteiger partial charge in [0.05, 0.1) is 30.4 Å². The van der Waals surface area contributed by atoms with Gasteiger partial charge in [-0.3, -0.25) is 4.79 Å². The van der Waals surface area contributed by atoms with Crippen molar-refractivity contribution in [3.05, 3.63) is 42.0 Å². The van der Waals surface area contributed by atoms with Crippen molar-refractivity contribution in [1.82, 2.24) is 24.3 Å². The lowest BCUT2D eigenvalue weighted by atomic mass is 9.91. The molecular formula is C36H42N6O4. The van der Waals surface area contributed by atoms with E-state index in [-0.39, 0.29) is 17.6 Å². The summed E-state index contributed by atoms with van der Waals surface area (Å²) in [7, 11) is 3.73. The van der Waals surface area contributed by atoms with Gasteiger partial charge in [-0.25, -0.2) is 9.78 Å². The van der Waals surface area contributed by atoms with Gasteiger partial charge in [0.25, 0.3) is 5.91 Å². The van der Waals surface area contributed by atoms with Gasteiger partial charge in [-0.2, -0.15) is 0 Å². The van der Waals surface area contributed by atoms with Crippen molar-refractivity contribution < 1.29 is 19.1 Å². The van der Waals surface area contributed by atoms with E-state index >= 15 is 0 Å². The summed E-state index contributed by atoms with van der Waals surface area (Å²) >= 11 is 0. The van der Waals surface area contributed by atoms with E-state index in [1.807, 2.05) is 12.1 Å². The number of carbonyl (C=O) groups excluding carboxylic acids is 2. The zero-order chi connectivity index (χ0) is 31.3. The Morgan fingerprint density at radius 1 is 1.11 bits per heavy atom. The number of piperidine rings is 2. The Labute approximate surface area is 268 Å². The third-order valence-electron chi connectivity index (χ3n) is 11.8. The predicted molar refractivity (Wildman–Crippen MR) is 176 cm³/mol. The molecule has 3 aliphatic heterocycles. The molecule has 2 aliphatic carbocycles. The van der Waals surface area contributed by atoms with E-state index < -0.39 is 0 Å². The number of carbonyl (C=O) groups is 2. The maximum absolute atomic E-state index is 13.8. The number of anilines is 1. The minimum atomic E-state index is -0.366. The van der Waals surface area contributed by atoms with Crippen molar-refractivity contribution in [2.24, 2.45) is 24.8 Å². The van der Waals surface area contributed by atoms with Crippen molar-refractivity contribution in [2.45, 2.75) is 63.6 Å². The Morgan fingerprint density at radius 2 is 1.93 bits per heavy atom. The molecule has 5 fully saturated rings. The van der Waals surface area contributed by atoms with E-state index in [0.29, 0.717) is 41.7 Å². The standard InChI is InChI=1S/C36H42N6O4/c1-21-24-7-9-28(21)42(19-24)34(43)25-14-27-32(31(16-25)45-3)39(2)33(38-27)30-15-23-6-8-26(17-29(23)41(30)18-22-4-5-22)40-12-10-36(11-13-40)20-37-35(44)46-36/h6,8,14-17,21-22,24,28H,4-5,7,9-13,18-20H2,1-3H3,(H,37,44)/t21-,24?,28?/m1/s1. The largest absolute Gasteiger partial charge is 0.494 e. The summed E-state index contributed by atoms with van der Waals surface area (Å²) in [5.41, 5.74) is 5.46. The van der Waals surface area contributed by atoms with Crippen LogP contribution in [-0.2, 0) is 18.3 Å². The van der Waals surface area contributed by atoms with Gasteiger partial charge >= 0.3 is 6.09 Å². The highest BCUT2D eigenvalue weighted by atomic mass is 16.6. The van der Waals surface area contributed by atoms with Crippen molar-refractivity contribution in [3.8, 4) is 17.3 Å². The first-order chi connectivity index (χ1) is 22.3. The van der Waals surface area contributed by atoms with Gasteiger partial charge in [0.2, 0.25) is 0 Å². The second kappa shape index (κ2) is 10.1. The van der Waals surface area contributed by atoms with E-state index in [0.717, 1.165) is 68.0 Å². The number of imidazole rings is 1. The zero-order valence-corrected chi connectivity index (χ0v) is 26.9. The van der Waals surface area contributed by atoms with E-state index in [1.165, 1.54) is 35.9 Å². The van der Waals surface area contributed by atoms with Gasteiger partial charge in [0, 0.05) is 68.7 Å². The molecule has 2 unspecified atom stereocenters. The molecule has 2 saturated carbocycles. The molecule has 3 atom stereocenters. The van der Waals surface area contributed by atoms with Gasteiger partial charge < -0.3 is 33.7 Å². The van der Waals surface area contributed by atoms with Crippen LogP contribution >= 0.6 is 0 Å². The lowest BCUT2D eigenvalue weighted by Gasteiger charge is -2.38. The molecule has 0 radical (unpaired) electrons. The molecule has 46 heavy (non-hydrogen) atoms. The van der Waals surface area contributed by atoms with Crippen LogP contribution in [0.5, 0.6) is 5.75 Å². The van der Waals surface area contributed by atoms with Gasteiger partial charge in [-0.15, -0.1) is 0 Å². The predicted octanol–water partition coefficient (Wildman–Crippen LogP) is 5.56. The number of ether oxygens (including phenoxy) is 2. The van der Waals surface area contributed by atoms with Crippen LogP contribution in [-0.4, -0.2) is 76.0 Å². The molecule has 9 rings (SSSR count). The van der Waals surface area contributed by atoms with E-state index in [1.54, 1.807) is 7.11 Å². The Balaban J connectivity index is 1.08. The van der Waals surface area contributed by atoms with Crippen LogP contribution in [0.3, 0.4) is 0 Å². The second-order valence-electron chi connectivity index (χ2n) is 14.5. The first-order valence-electron chi connectivity index (χ1n) is 17.0. The number of amides is 2. The van der Waals surface area contributed by atoms with E-state index in [9.17, 15) is 9.59 Å². The molecular weight excluding hydrogens is 580 g/mol. The van der Waals surface area contributed by atoms with Crippen molar-refractivity contribution >= 4 is 39.6 Å². The molecule has 2 amide bonds. The molecule has 2 aromatic heterocycles. The molecule has 5 heterocycles. The van der Waals surface area contributed by atoms with Gasteiger partial charge in [0.15, 0.2) is 5.82 Å². The summed E-state index contributed by atoms with van der Waals surface area (Å²) in [6.45, 7) is 6.39. The van der Waals surface area contributed by atoms with E-state index in [2.05, 4.69) is 62.5 Å². The van der Waals surface area contributed by atoms with Crippen molar-refractivity contribution in [2.75, 3.05) is 38.2 Å². The number of rotatable bonds is 6. The normalized spacial score (nSPS) is 25.2. The summed E-state index contributed by atoms with van der Waals surface area (Å²) < 4.78 is 16.1. The van der Waals surface area contributed by atoms with Crippen LogP contribution in [0, 0.1) is 17.8 Å². The van der Waals surface area contributed by atoms with Crippen LogP contribution in [0.15, 0.2) is 36.4 Å². The fraction of sp³-hybridized carbons (Fsp3) is 0.528.